The molecule has 0 saturated carbocycles. The van der Waals surface area contributed by atoms with E-state index in [1.54, 1.807) is 7.05 Å². The number of nitrogens with zero attached hydrogens (tertiary/aromatic N) is 3. The summed E-state index contributed by atoms with van der Waals surface area (Å²) in [6.07, 6.45) is 1.49. The maximum atomic E-state index is 11.8. The van der Waals surface area contributed by atoms with Gasteiger partial charge in [-0.25, -0.2) is 0 Å². The van der Waals surface area contributed by atoms with Crippen LogP contribution in [0.25, 0.3) is 0 Å². The van der Waals surface area contributed by atoms with Gasteiger partial charge in [0, 0.05) is 20.1 Å². The van der Waals surface area contributed by atoms with Gasteiger partial charge in [0.1, 0.15) is 11.4 Å². The first-order chi connectivity index (χ1) is 8.10. The average Bonchev–Trinajstić information content (AvgIpc) is 2.65. The Labute approximate surface area is 102 Å². The largest absolute Gasteiger partial charge is 0.383 e. The number of rotatable bonds is 6. The number of likely N-dealkylation sites (N-methyl/N-ethyl adjacent to an activating group) is 1. The number of nitrogens with one attached hydrogen (secondary N) is 1. The molecule has 6 heteroatoms. The number of hydrogen-bond acceptors (Lipinski definition) is 4. The quantitative estimate of drug-likeness (QED) is 0.737. The molecule has 0 saturated heterocycles. The first-order valence-corrected chi connectivity index (χ1v) is 5.88. The Bertz CT molecular complexity index is 370. The van der Waals surface area contributed by atoms with Gasteiger partial charge in [0.2, 0.25) is 0 Å². The lowest BCUT2D eigenvalue weighted by molar-refractivity contribution is 0.0950. The van der Waals surface area contributed by atoms with E-state index >= 15 is 0 Å². The fourth-order valence-corrected chi connectivity index (χ4v) is 1.58. The van der Waals surface area contributed by atoms with Gasteiger partial charge in [-0.05, 0) is 13.1 Å². The molecule has 0 bridgehead atoms. The highest BCUT2D eigenvalue weighted by molar-refractivity contribution is 5.98. The molecule has 1 rings (SSSR count). The Kier molecular flexibility index (Phi) is 4.96. The molecule has 1 amide bonds. The fourth-order valence-electron chi connectivity index (χ4n) is 1.58. The number of carbonyl (C=O) groups excluding carboxylic acids is 1. The van der Waals surface area contributed by atoms with E-state index in [0.717, 1.165) is 19.6 Å². The monoisotopic (exact) mass is 239 g/mol. The molecule has 0 fully saturated rings. The van der Waals surface area contributed by atoms with Crippen molar-refractivity contribution in [2.45, 2.75) is 13.8 Å². The molecule has 0 aromatic carbocycles. The average molecular weight is 239 g/mol. The second-order valence-electron chi connectivity index (χ2n) is 3.85. The molecular weight excluding hydrogens is 218 g/mol. The van der Waals surface area contributed by atoms with E-state index in [0.29, 0.717) is 17.9 Å². The molecule has 1 heterocycles. The van der Waals surface area contributed by atoms with Gasteiger partial charge in [-0.1, -0.05) is 13.8 Å². The SMILES string of the molecule is CCN(CC)CCNC(=O)c1cnn(C)c1N. The number of aromatic nitrogens is 2. The van der Waals surface area contributed by atoms with E-state index in [9.17, 15) is 4.79 Å². The van der Waals surface area contributed by atoms with E-state index in [-0.39, 0.29) is 5.91 Å². The predicted octanol–water partition coefficient (Wildman–Crippen LogP) is 0.0739. The van der Waals surface area contributed by atoms with Gasteiger partial charge >= 0.3 is 0 Å². The van der Waals surface area contributed by atoms with Crippen LogP contribution in [0.2, 0.25) is 0 Å². The molecule has 96 valence electrons. The third-order valence-corrected chi connectivity index (χ3v) is 2.84. The Morgan fingerprint density at radius 3 is 2.65 bits per heavy atom. The summed E-state index contributed by atoms with van der Waals surface area (Å²) in [7, 11) is 1.71. The van der Waals surface area contributed by atoms with E-state index < -0.39 is 0 Å². The fraction of sp³-hybridized carbons (Fsp3) is 0.636. The highest BCUT2D eigenvalue weighted by Gasteiger charge is 2.13. The zero-order valence-corrected chi connectivity index (χ0v) is 10.7. The number of hydrogen-bond donors (Lipinski definition) is 2. The molecule has 0 aliphatic rings. The Morgan fingerprint density at radius 1 is 1.53 bits per heavy atom. The number of anilines is 1. The smallest absolute Gasteiger partial charge is 0.256 e. The van der Waals surface area contributed by atoms with E-state index in [1.807, 2.05) is 0 Å². The summed E-state index contributed by atoms with van der Waals surface area (Å²) in [5.41, 5.74) is 6.15. The predicted molar refractivity (Wildman–Crippen MR) is 67.7 cm³/mol. The molecule has 17 heavy (non-hydrogen) atoms. The number of nitrogens with two attached hydrogens (primary N) is 1. The van der Waals surface area contributed by atoms with Crippen molar-refractivity contribution in [3.8, 4) is 0 Å². The normalized spacial score (nSPS) is 10.8. The maximum Gasteiger partial charge on any atom is 0.256 e. The standard InChI is InChI=1S/C11H21N5O/c1-4-16(5-2)7-6-13-11(17)9-8-14-15(3)10(9)12/h8H,4-7,12H2,1-3H3,(H,13,17). The van der Waals surface area contributed by atoms with Gasteiger partial charge in [0.25, 0.3) is 5.91 Å². The number of aryl methyl sites for hydroxylation is 1. The van der Waals surface area contributed by atoms with Gasteiger partial charge in [0.15, 0.2) is 0 Å². The summed E-state index contributed by atoms with van der Waals surface area (Å²) < 4.78 is 1.49. The summed E-state index contributed by atoms with van der Waals surface area (Å²) in [6, 6.07) is 0. The van der Waals surface area contributed by atoms with Gasteiger partial charge in [-0.2, -0.15) is 5.10 Å². The van der Waals surface area contributed by atoms with Crippen LogP contribution >= 0.6 is 0 Å². The number of amides is 1. The number of nitrogen functional groups attached to an aromatic ring is 1. The highest BCUT2D eigenvalue weighted by Crippen LogP contribution is 2.08. The molecule has 0 radical (unpaired) electrons. The maximum absolute atomic E-state index is 11.8. The van der Waals surface area contributed by atoms with Crippen molar-refractivity contribution in [2.75, 3.05) is 31.9 Å². The lowest BCUT2D eigenvalue weighted by Gasteiger charge is -2.17. The van der Waals surface area contributed by atoms with Crippen LogP contribution in [-0.2, 0) is 7.05 Å². The molecule has 3 N–H and O–H groups in total. The lowest BCUT2D eigenvalue weighted by atomic mass is 10.3. The molecule has 0 aliphatic heterocycles. The van der Waals surface area contributed by atoms with Crippen molar-refractivity contribution in [3.05, 3.63) is 11.8 Å². The lowest BCUT2D eigenvalue weighted by Crippen LogP contribution is -2.34. The third kappa shape index (κ3) is 3.45. The first-order valence-electron chi connectivity index (χ1n) is 5.88. The summed E-state index contributed by atoms with van der Waals surface area (Å²) in [5, 5.41) is 6.77. The van der Waals surface area contributed by atoms with E-state index in [4.69, 9.17) is 5.73 Å². The van der Waals surface area contributed by atoms with Crippen molar-refractivity contribution >= 4 is 11.7 Å². The Hall–Kier alpha value is -1.56. The minimum absolute atomic E-state index is 0.164. The summed E-state index contributed by atoms with van der Waals surface area (Å²) >= 11 is 0. The minimum Gasteiger partial charge on any atom is -0.383 e. The van der Waals surface area contributed by atoms with Gasteiger partial charge in [0.05, 0.1) is 6.20 Å². The van der Waals surface area contributed by atoms with Crippen LogP contribution in [0.15, 0.2) is 6.20 Å². The third-order valence-electron chi connectivity index (χ3n) is 2.84. The topological polar surface area (TPSA) is 76.2 Å². The van der Waals surface area contributed by atoms with Crippen LogP contribution in [0.5, 0.6) is 0 Å². The second-order valence-corrected chi connectivity index (χ2v) is 3.85. The van der Waals surface area contributed by atoms with Crippen LogP contribution in [0, 0.1) is 0 Å². The van der Waals surface area contributed by atoms with Crippen LogP contribution < -0.4 is 11.1 Å². The first kappa shape index (κ1) is 13.5. The minimum atomic E-state index is -0.164. The van der Waals surface area contributed by atoms with Crippen LogP contribution in [0.4, 0.5) is 5.82 Å². The van der Waals surface area contributed by atoms with Crippen LogP contribution in [0.3, 0.4) is 0 Å². The van der Waals surface area contributed by atoms with Crippen molar-refractivity contribution in [2.24, 2.45) is 7.05 Å². The Morgan fingerprint density at radius 2 is 2.18 bits per heavy atom. The molecule has 0 atom stereocenters. The van der Waals surface area contributed by atoms with E-state index in [1.165, 1.54) is 10.9 Å². The van der Waals surface area contributed by atoms with Gasteiger partial charge in [-0.3, -0.25) is 9.48 Å². The molecule has 0 spiro atoms. The summed E-state index contributed by atoms with van der Waals surface area (Å²) in [4.78, 5) is 14.0. The molecule has 0 aliphatic carbocycles. The zero-order chi connectivity index (χ0) is 12.8. The van der Waals surface area contributed by atoms with E-state index in [2.05, 4.69) is 29.2 Å². The second kappa shape index (κ2) is 6.24. The summed E-state index contributed by atoms with van der Waals surface area (Å²) in [5.74, 6) is 0.230. The van der Waals surface area contributed by atoms with Crippen LogP contribution in [0.1, 0.15) is 24.2 Å². The zero-order valence-electron chi connectivity index (χ0n) is 10.7. The number of carbonyl (C=O) groups is 1. The molecule has 1 aromatic heterocycles. The van der Waals surface area contributed by atoms with Crippen molar-refractivity contribution in [1.29, 1.82) is 0 Å². The van der Waals surface area contributed by atoms with Crippen LogP contribution in [-0.4, -0.2) is 46.8 Å². The van der Waals surface area contributed by atoms with Gasteiger partial charge < -0.3 is 16.0 Å². The highest BCUT2D eigenvalue weighted by atomic mass is 16.1. The summed E-state index contributed by atoms with van der Waals surface area (Å²) in [6.45, 7) is 7.64. The van der Waals surface area contributed by atoms with Crippen molar-refractivity contribution in [3.63, 3.8) is 0 Å². The molecule has 0 unspecified atom stereocenters. The Balaban J connectivity index is 2.43. The molecule has 1 aromatic rings. The van der Waals surface area contributed by atoms with Crippen molar-refractivity contribution < 1.29 is 4.79 Å². The van der Waals surface area contributed by atoms with Crippen molar-refractivity contribution in [1.82, 2.24) is 20.0 Å². The molecular formula is C11H21N5O. The molecule has 6 nitrogen and oxygen atoms in total. The van der Waals surface area contributed by atoms with Gasteiger partial charge in [-0.15, -0.1) is 0 Å².